The Labute approximate surface area is 173 Å². The third kappa shape index (κ3) is 3.60. The van der Waals surface area contributed by atoms with Gasteiger partial charge in [0.25, 0.3) is 17.7 Å². The van der Waals surface area contributed by atoms with Gasteiger partial charge in [-0.1, -0.05) is 24.3 Å². The number of ether oxygens (including phenoxy) is 1. The molecule has 3 amide bonds. The van der Waals surface area contributed by atoms with Crippen molar-refractivity contribution < 1.29 is 19.1 Å². The molecule has 0 aromatic heterocycles. The molecular formula is C23H19N3O4. The number of carbonyl (C=O) groups is 3. The lowest BCUT2D eigenvalue weighted by molar-refractivity contribution is 0.0666. The van der Waals surface area contributed by atoms with Gasteiger partial charge < -0.3 is 15.4 Å². The Morgan fingerprint density at radius 2 is 1.63 bits per heavy atom. The molecule has 2 N–H and O–H groups in total. The summed E-state index contributed by atoms with van der Waals surface area (Å²) in [4.78, 5) is 39.4. The van der Waals surface area contributed by atoms with Crippen molar-refractivity contribution in [2.45, 2.75) is 0 Å². The Balaban J connectivity index is 1.52. The highest BCUT2D eigenvalue weighted by Crippen LogP contribution is 2.30. The Bertz CT molecular complexity index is 1110. The van der Waals surface area contributed by atoms with Crippen molar-refractivity contribution in [1.29, 1.82) is 0 Å². The predicted molar refractivity (Wildman–Crippen MR) is 113 cm³/mol. The van der Waals surface area contributed by atoms with Crippen LogP contribution in [0.2, 0.25) is 0 Å². The number of hydrogen-bond acceptors (Lipinski definition) is 5. The first-order valence-corrected chi connectivity index (χ1v) is 9.32. The van der Waals surface area contributed by atoms with Crippen LogP contribution in [-0.4, -0.2) is 36.4 Å². The van der Waals surface area contributed by atoms with Gasteiger partial charge in [-0.05, 0) is 48.5 Å². The molecule has 0 atom stereocenters. The van der Waals surface area contributed by atoms with Crippen LogP contribution in [0.4, 0.5) is 11.4 Å². The highest BCUT2D eigenvalue weighted by molar-refractivity contribution is 6.25. The molecule has 150 valence electrons. The van der Waals surface area contributed by atoms with E-state index in [4.69, 9.17) is 4.74 Å². The van der Waals surface area contributed by atoms with E-state index in [1.165, 1.54) is 0 Å². The van der Waals surface area contributed by atoms with E-state index in [0.29, 0.717) is 17.0 Å². The van der Waals surface area contributed by atoms with Gasteiger partial charge in [0, 0.05) is 11.3 Å². The van der Waals surface area contributed by atoms with E-state index in [2.05, 4.69) is 10.6 Å². The molecule has 0 bridgehead atoms. The maximum Gasteiger partial charge on any atom is 0.265 e. The van der Waals surface area contributed by atoms with Crippen LogP contribution >= 0.6 is 0 Å². The van der Waals surface area contributed by atoms with Crippen molar-refractivity contribution in [3.05, 3.63) is 89.5 Å². The van der Waals surface area contributed by atoms with Crippen molar-refractivity contribution in [3.8, 4) is 5.75 Å². The monoisotopic (exact) mass is 401 g/mol. The Hall–Kier alpha value is -4.13. The van der Waals surface area contributed by atoms with Crippen LogP contribution in [0.15, 0.2) is 72.8 Å². The molecule has 0 radical (unpaired) electrons. The number of amides is 3. The minimum atomic E-state index is -0.458. The van der Waals surface area contributed by atoms with E-state index < -0.39 is 11.8 Å². The van der Waals surface area contributed by atoms with Crippen LogP contribution in [-0.2, 0) is 0 Å². The number of hydrogen-bond donors (Lipinski definition) is 2. The second-order valence-corrected chi connectivity index (χ2v) is 6.65. The smallest absolute Gasteiger partial charge is 0.265 e. The average Bonchev–Trinajstić information content (AvgIpc) is 3.03. The lowest BCUT2D eigenvalue weighted by Crippen LogP contribution is -2.34. The van der Waals surface area contributed by atoms with Gasteiger partial charge in [0.15, 0.2) is 0 Å². The van der Waals surface area contributed by atoms with E-state index >= 15 is 0 Å². The van der Waals surface area contributed by atoms with Crippen molar-refractivity contribution in [2.75, 3.05) is 24.4 Å². The molecule has 0 saturated heterocycles. The van der Waals surface area contributed by atoms with Gasteiger partial charge in [-0.25, -0.2) is 0 Å². The molecule has 0 aliphatic carbocycles. The number of imide groups is 1. The van der Waals surface area contributed by atoms with Crippen LogP contribution in [0.1, 0.15) is 31.1 Å². The second-order valence-electron chi connectivity index (χ2n) is 6.65. The minimum Gasteiger partial charge on any atom is -0.497 e. The first-order chi connectivity index (χ1) is 14.6. The fraction of sp³-hybridized carbons (Fsp3) is 0.0870. The van der Waals surface area contributed by atoms with Crippen LogP contribution in [0, 0.1) is 0 Å². The summed E-state index contributed by atoms with van der Waals surface area (Å²) in [7, 11) is 1.58. The first-order valence-electron chi connectivity index (χ1n) is 9.32. The van der Waals surface area contributed by atoms with Crippen LogP contribution in [0.3, 0.4) is 0 Å². The summed E-state index contributed by atoms with van der Waals surface area (Å²) in [6.45, 7) is 0.00471. The van der Waals surface area contributed by atoms with E-state index in [9.17, 15) is 14.4 Å². The maximum absolute atomic E-state index is 13.0. The van der Waals surface area contributed by atoms with Gasteiger partial charge in [0.05, 0.1) is 30.6 Å². The summed E-state index contributed by atoms with van der Waals surface area (Å²) in [5.41, 5.74) is 1.98. The Kier molecular flexibility index (Phi) is 5.17. The number of carbonyl (C=O) groups excluding carboxylic acids is 3. The van der Waals surface area contributed by atoms with Gasteiger partial charge in [-0.3, -0.25) is 19.3 Å². The van der Waals surface area contributed by atoms with E-state index in [-0.39, 0.29) is 23.7 Å². The topological polar surface area (TPSA) is 87.7 Å². The zero-order chi connectivity index (χ0) is 21.1. The third-order valence-electron chi connectivity index (χ3n) is 4.81. The summed E-state index contributed by atoms with van der Waals surface area (Å²) in [6, 6.07) is 20.7. The van der Waals surface area contributed by atoms with E-state index in [1.807, 2.05) is 6.07 Å². The van der Waals surface area contributed by atoms with Crippen molar-refractivity contribution >= 4 is 29.1 Å². The standard InChI is InChI=1S/C23H19N3O4/c1-30-17-12-10-16(11-13-17)24-14-26-22(28)18-8-5-9-19(20(18)23(26)29)25-21(27)15-6-3-2-4-7-15/h2-13,24H,14H2,1H3,(H,25,27). The minimum absolute atomic E-state index is 0.00471. The Morgan fingerprint density at radius 3 is 2.33 bits per heavy atom. The second kappa shape index (κ2) is 8.08. The summed E-state index contributed by atoms with van der Waals surface area (Å²) >= 11 is 0. The Morgan fingerprint density at radius 1 is 0.900 bits per heavy atom. The molecule has 0 fully saturated rings. The molecule has 1 aliphatic rings. The van der Waals surface area contributed by atoms with Gasteiger partial charge in [-0.15, -0.1) is 0 Å². The first kappa shape index (κ1) is 19.2. The molecule has 1 heterocycles. The lowest BCUT2D eigenvalue weighted by atomic mass is 10.1. The van der Waals surface area contributed by atoms with Crippen LogP contribution in [0.5, 0.6) is 5.75 Å². The van der Waals surface area contributed by atoms with Crippen molar-refractivity contribution in [3.63, 3.8) is 0 Å². The molecule has 3 aromatic carbocycles. The van der Waals surface area contributed by atoms with Crippen molar-refractivity contribution in [2.24, 2.45) is 0 Å². The summed E-state index contributed by atoms with van der Waals surface area (Å²) in [6.07, 6.45) is 0. The fourth-order valence-corrected chi connectivity index (χ4v) is 3.24. The number of anilines is 2. The fourth-order valence-electron chi connectivity index (χ4n) is 3.24. The average molecular weight is 401 g/mol. The summed E-state index contributed by atoms with van der Waals surface area (Å²) in [5, 5.41) is 5.80. The van der Waals surface area contributed by atoms with Gasteiger partial charge in [0.1, 0.15) is 5.75 Å². The largest absolute Gasteiger partial charge is 0.497 e. The number of nitrogens with zero attached hydrogens (tertiary/aromatic N) is 1. The van der Waals surface area contributed by atoms with Crippen LogP contribution < -0.4 is 15.4 Å². The van der Waals surface area contributed by atoms with Gasteiger partial charge in [0.2, 0.25) is 0 Å². The number of nitrogens with one attached hydrogen (secondary N) is 2. The van der Waals surface area contributed by atoms with Gasteiger partial charge >= 0.3 is 0 Å². The number of rotatable bonds is 6. The number of fused-ring (bicyclic) bond motifs is 1. The highest BCUT2D eigenvalue weighted by atomic mass is 16.5. The molecule has 7 nitrogen and oxygen atoms in total. The molecule has 30 heavy (non-hydrogen) atoms. The predicted octanol–water partition coefficient (Wildman–Crippen LogP) is 3.61. The molecule has 0 spiro atoms. The maximum atomic E-state index is 13.0. The van der Waals surface area contributed by atoms with Crippen molar-refractivity contribution in [1.82, 2.24) is 4.90 Å². The number of benzene rings is 3. The molecule has 0 unspecified atom stereocenters. The quantitative estimate of drug-likeness (QED) is 0.616. The summed E-state index contributed by atoms with van der Waals surface area (Å²) in [5.74, 6) is -0.508. The molecule has 1 aliphatic heterocycles. The van der Waals surface area contributed by atoms with Gasteiger partial charge in [-0.2, -0.15) is 0 Å². The van der Waals surface area contributed by atoms with E-state index in [0.717, 1.165) is 10.6 Å². The third-order valence-corrected chi connectivity index (χ3v) is 4.81. The molecule has 4 rings (SSSR count). The van der Waals surface area contributed by atoms with Crippen LogP contribution in [0.25, 0.3) is 0 Å². The highest BCUT2D eigenvalue weighted by Gasteiger charge is 2.37. The SMILES string of the molecule is COc1ccc(NCN2C(=O)c3cccc(NC(=O)c4ccccc4)c3C2=O)cc1. The molecule has 7 heteroatoms. The lowest BCUT2D eigenvalue weighted by Gasteiger charge is -2.16. The number of methoxy groups -OCH3 is 1. The molecule has 0 saturated carbocycles. The van der Waals surface area contributed by atoms with E-state index in [1.54, 1.807) is 73.8 Å². The summed E-state index contributed by atoms with van der Waals surface area (Å²) < 4.78 is 5.12. The molecular weight excluding hydrogens is 382 g/mol. The normalized spacial score (nSPS) is 12.5. The molecule has 3 aromatic rings. The zero-order valence-electron chi connectivity index (χ0n) is 16.2. The zero-order valence-corrected chi connectivity index (χ0v) is 16.2.